The van der Waals surface area contributed by atoms with Crippen molar-refractivity contribution in [1.29, 1.82) is 0 Å². The number of benzene rings is 1. The predicted octanol–water partition coefficient (Wildman–Crippen LogP) is 3.14. The highest BCUT2D eigenvalue weighted by atomic mass is 16.5. The van der Waals surface area contributed by atoms with Crippen molar-refractivity contribution in [3.8, 4) is 22.8 Å². The number of nitrogens with zero attached hydrogens (tertiary/aromatic N) is 2. The summed E-state index contributed by atoms with van der Waals surface area (Å²) in [7, 11) is 7.32. The number of hydrogen-bond donors (Lipinski definition) is 0. The molecule has 0 saturated carbocycles. The minimum Gasteiger partial charge on any atom is -0.493 e. The van der Waals surface area contributed by atoms with Crippen molar-refractivity contribution in [2.75, 3.05) is 33.2 Å². The quantitative estimate of drug-likeness (QED) is 0.856. The van der Waals surface area contributed by atoms with Crippen molar-refractivity contribution >= 4 is 5.69 Å². The first-order valence-corrected chi connectivity index (χ1v) is 6.43. The summed E-state index contributed by atoms with van der Waals surface area (Å²) in [5, 5.41) is 0. The van der Waals surface area contributed by atoms with E-state index in [-0.39, 0.29) is 0 Å². The maximum absolute atomic E-state index is 5.44. The first-order valence-electron chi connectivity index (χ1n) is 6.43. The van der Waals surface area contributed by atoms with Crippen molar-refractivity contribution in [2.45, 2.75) is 6.92 Å². The van der Waals surface area contributed by atoms with Gasteiger partial charge in [0.1, 0.15) is 0 Å². The molecular formula is C16H20N2O2. The highest BCUT2D eigenvalue weighted by Gasteiger charge is 2.13. The number of aromatic nitrogens is 1. The van der Waals surface area contributed by atoms with Crippen LogP contribution in [-0.2, 0) is 0 Å². The molecule has 0 aliphatic heterocycles. The van der Waals surface area contributed by atoms with Crippen molar-refractivity contribution in [1.82, 2.24) is 4.98 Å². The van der Waals surface area contributed by atoms with Crippen LogP contribution in [0.1, 0.15) is 5.56 Å². The van der Waals surface area contributed by atoms with Gasteiger partial charge >= 0.3 is 0 Å². The minimum absolute atomic E-state index is 0.734. The van der Waals surface area contributed by atoms with Crippen LogP contribution < -0.4 is 14.4 Å². The Morgan fingerprint density at radius 2 is 1.80 bits per heavy atom. The van der Waals surface area contributed by atoms with Gasteiger partial charge in [-0.15, -0.1) is 0 Å². The van der Waals surface area contributed by atoms with E-state index in [2.05, 4.69) is 16.0 Å². The first-order chi connectivity index (χ1) is 9.58. The van der Waals surface area contributed by atoms with E-state index < -0.39 is 0 Å². The monoisotopic (exact) mass is 272 g/mol. The van der Waals surface area contributed by atoms with Gasteiger partial charge in [0.15, 0.2) is 11.5 Å². The molecule has 20 heavy (non-hydrogen) atoms. The van der Waals surface area contributed by atoms with Crippen molar-refractivity contribution in [2.24, 2.45) is 0 Å². The van der Waals surface area contributed by atoms with Gasteiger partial charge in [-0.1, -0.05) is 0 Å². The number of ether oxygens (including phenoxy) is 2. The number of pyridine rings is 1. The molecule has 0 bridgehead atoms. The molecule has 2 aromatic rings. The maximum Gasteiger partial charge on any atom is 0.164 e. The summed E-state index contributed by atoms with van der Waals surface area (Å²) in [6, 6.07) is 7.97. The third kappa shape index (κ3) is 2.54. The molecule has 4 nitrogen and oxygen atoms in total. The standard InChI is InChI=1S/C16H20N2O2/c1-11-13(6-7-15(19-4)16(11)20-5)14-10-12(18(2)3)8-9-17-14/h6-10H,1-5H3. The highest BCUT2D eigenvalue weighted by Crippen LogP contribution is 2.37. The van der Waals surface area contributed by atoms with Crippen LogP contribution in [-0.4, -0.2) is 33.3 Å². The molecule has 0 spiro atoms. The summed E-state index contributed by atoms with van der Waals surface area (Å²) in [5.74, 6) is 1.49. The van der Waals surface area contributed by atoms with Gasteiger partial charge in [-0.25, -0.2) is 0 Å². The van der Waals surface area contributed by atoms with Crippen LogP contribution in [0.5, 0.6) is 11.5 Å². The van der Waals surface area contributed by atoms with Gasteiger partial charge in [0.05, 0.1) is 19.9 Å². The Labute approximate surface area is 120 Å². The zero-order chi connectivity index (χ0) is 14.7. The zero-order valence-electron chi connectivity index (χ0n) is 12.6. The summed E-state index contributed by atoms with van der Waals surface area (Å²) < 4.78 is 10.8. The molecule has 0 N–H and O–H groups in total. The van der Waals surface area contributed by atoms with Crippen LogP contribution >= 0.6 is 0 Å². The fourth-order valence-electron chi connectivity index (χ4n) is 2.20. The third-order valence-corrected chi connectivity index (χ3v) is 3.33. The Bertz CT molecular complexity index is 609. The van der Waals surface area contributed by atoms with Crippen LogP contribution in [0.2, 0.25) is 0 Å². The molecule has 2 rings (SSSR count). The molecule has 0 unspecified atom stereocenters. The molecule has 0 saturated heterocycles. The predicted molar refractivity (Wildman–Crippen MR) is 81.8 cm³/mol. The lowest BCUT2D eigenvalue weighted by molar-refractivity contribution is 0.353. The second kappa shape index (κ2) is 5.82. The van der Waals surface area contributed by atoms with Gasteiger partial charge in [0.2, 0.25) is 0 Å². The second-order valence-corrected chi connectivity index (χ2v) is 4.77. The Morgan fingerprint density at radius 1 is 1.05 bits per heavy atom. The van der Waals surface area contributed by atoms with Gasteiger partial charge in [-0.3, -0.25) is 4.98 Å². The van der Waals surface area contributed by atoms with Gasteiger partial charge in [-0.2, -0.15) is 0 Å². The Balaban J connectivity index is 2.56. The normalized spacial score (nSPS) is 10.2. The van der Waals surface area contributed by atoms with E-state index in [1.807, 2.05) is 45.4 Å². The average Bonchev–Trinajstić information content (AvgIpc) is 2.46. The summed E-state index contributed by atoms with van der Waals surface area (Å²) in [4.78, 5) is 6.52. The number of hydrogen-bond acceptors (Lipinski definition) is 4. The van der Waals surface area contributed by atoms with Crippen LogP contribution in [0.4, 0.5) is 5.69 Å². The first kappa shape index (κ1) is 14.2. The van der Waals surface area contributed by atoms with Gasteiger partial charge in [-0.05, 0) is 31.2 Å². The lowest BCUT2D eigenvalue weighted by atomic mass is 10.0. The highest BCUT2D eigenvalue weighted by molar-refractivity contribution is 5.71. The number of methoxy groups -OCH3 is 2. The minimum atomic E-state index is 0.734. The SMILES string of the molecule is COc1ccc(-c2cc(N(C)C)ccn2)c(C)c1OC. The topological polar surface area (TPSA) is 34.6 Å². The molecule has 0 amide bonds. The van der Waals surface area contributed by atoms with Crippen LogP contribution in [0.3, 0.4) is 0 Å². The fourth-order valence-corrected chi connectivity index (χ4v) is 2.20. The molecule has 106 valence electrons. The molecule has 1 aromatic carbocycles. The number of rotatable bonds is 4. The van der Waals surface area contributed by atoms with Gasteiger partial charge in [0.25, 0.3) is 0 Å². The van der Waals surface area contributed by atoms with Crippen molar-refractivity contribution < 1.29 is 9.47 Å². The van der Waals surface area contributed by atoms with Crippen LogP contribution in [0.15, 0.2) is 30.5 Å². The molecule has 1 heterocycles. The summed E-state index contributed by atoms with van der Waals surface area (Å²) >= 11 is 0. The molecule has 1 aromatic heterocycles. The molecule has 4 heteroatoms. The zero-order valence-corrected chi connectivity index (χ0v) is 12.6. The lowest BCUT2D eigenvalue weighted by Gasteiger charge is -2.16. The average molecular weight is 272 g/mol. The van der Waals surface area contributed by atoms with Gasteiger partial charge in [0, 0.05) is 37.1 Å². The van der Waals surface area contributed by atoms with Crippen LogP contribution in [0.25, 0.3) is 11.3 Å². The Morgan fingerprint density at radius 3 is 2.40 bits per heavy atom. The van der Waals surface area contributed by atoms with E-state index >= 15 is 0 Å². The smallest absolute Gasteiger partial charge is 0.164 e. The van der Waals surface area contributed by atoms with E-state index in [4.69, 9.17) is 9.47 Å². The van der Waals surface area contributed by atoms with E-state index in [1.165, 1.54) is 0 Å². The molecule has 0 atom stereocenters. The third-order valence-electron chi connectivity index (χ3n) is 3.33. The van der Waals surface area contributed by atoms with Gasteiger partial charge < -0.3 is 14.4 Å². The summed E-state index contributed by atoms with van der Waals surface area (Å²) in [6.07, 6.45) is 1.82. The van der Waals surface area contributed by atoms with E-state index in [0.717, 1.165) is 34.0 Å². The van der Waals surface area contributed by atoms with E-state index in [1.54, 1.807) is 14.2 Å². The Hall–Kier alpha value is -2.23. The Kier molecular flexibility index (Phi) is 4.13. The van der Waals surface area contributed by atoms with Crippen molar-refractivity contribution in [3.63, 3.8) is 0 Å². The second-order valence-electron chi connectivity index (χ2n) is 4.77. The summed E-state index contributed by atoms with van der Waals surface area (Å²) in [5.41, 5.74) is 4.11. The molecule has 0 radical (unpaired) electrons. The molecule has 0 aliphatic rings. The summed E-state index contributed by atoms with van der Waals surface area (Å²) in [6.45, 7) is 2.01. The maximum atomic E-state index is 5.44. The lowest BCUT2D eigenvalue weighted by Crippen LogP contribution is -2.08. The van der Waals surface area contributed by atoms with E-state index in [0.29, 0.717) is 0 Å². The van der Waals surface area contributed by atoms with E-state index in [9.17, 15) is 0 Å². The molecule has 0 fully saturated rings. The fraction of sp³-hybridized carbons (Fsp3) is 0.312. The molecular weight excluding hydrogens is 252 g/mol. The van der Waals surface area contributed by atoms with Crippen molar-refractivity contribution in [3.05, 3.63) is 36.0 Å². The van der Waals surface area contributed by atoms with Crippen LogP contribution in [0, 0.1) is 6.92 Å². The molecule has 0 aliphatic carbocycles. The number of anilines is 1. The largest absolute Gasteiger partial charge is 0.493 e.